The van der Waals surface area contributed by atoms with Crippen LogP contribution in [0.25, 0.3) is 33.7 Å². The second-order valence-electron chi connectivity index (χ2n) is 6.87. The van der Waals surface area contributed by atoms with Crippen molar-refractivity contribution >= 4 is 17.2 Å². The molecule has 0 fully saturated rings. The molecule has 1 aromatic carbocycles. The van der Waals surface area contributed by atoms with Crippen LogP contribution in [0.3, 0.4) is 0 Å². The van der Waals surface area contributed by atoms with E-state index in [2.05, 4.69) is 26.3 Å². The van der Waals surface area contributed by atoms with E-state index in [1.807, 2.05) is 32.0 Å². The Morgan fingerprint density at radius 2 is 2.13 bits per heavy atom. The van der Waals surface area contributed by atoms with Crippen LogP contribution in [0.5, 0.6) is 5.88 Å². The van der Waals surface area contributed by atoms with Crippen LogP contribution in [-0.4, -0.2) is 37.3 Å². The quantitative estimate of drug-likeness (QED) is 0.431. The van der Waals surface area contributed by atoms with Gasteiger partial charge in [-0.2, -0.15) is 15.3 Å². The third kappa shape index (κ3) is 3.75. The number of rotatable bonds is 7. The van der Waals surface area contributed by atoms with Gasteiger partial charge >= 0.3 is 0 Å². The maximum atomic E-state index is 10.6. The van der Waals surface area contributed by atoms with Gasteiger partial charge < -0.3 is 14.1 Å². The van der Waals surface area contributed by atoms with Crippen molar-refractivity contribution < 1.29 is 14.1 Å². The lowest BCUT2D eigenvalue weighted by molar-refractivity contribution is -0.108. The highest BCUT2D eigenvalue weighted by Crippen LogP contribution is 2.27. The summed E-state index contributed by atoms with van der Waals surface area (Å²) in [6.07, 6.45) is 4.46. The van der Waals surface area contributed by atoms with Gasteiger partial charge in [-0.3, -0.25) is 4.68 Å². The fourth-order valence-electron chi connectivity index (χ4n) is 3.00. The number of aryl methyl sites for hydroxylation is 1. The minimum absolute atomic E-state index is 0.0943. The number of hydrogen-bond donors (Lipinski definition) is 0. The van der Waals surface area contributed by atoms with Gasteiger partial charge in [-0.15, -0.1) is 0 Å². The second kappa shape index (κ2) is 8.13. The molecule has 0 amide bonds. The molecule has 0 radical (unpaired) electrons. The number of benzene rings is 1. The van der Waals surface area contributed by atoms with Gasteiger partial charge in [0.15, 0.2) is 0 Å². The Hall–Kier alpha value is -4.06. The van der Waals surface area contributed by atoms with E-state index in [-0.39, 0.29) is 17.9 Å². The van der Waals surface area contributed by atoms with Gasteiger partial charge in [0, 0.05) is 30.1 Å². The first kappa shape index (κ1) is 19.3. The van der Waals surface area contributed by atoms with E-state index in [1.54, 1.807) is 16.9 Å². The van der Waals surface area contributed by atoms with Crippen molar-refractivity contribution in [2.45, 2.75) is 32.9 Å². The molecule has 150 valence electrons. The zero-order chi connectivity index (χ0) is 21.1. The normalized spacial score (nSPS) is 11.0. The van der Waals surface area contributed by atoms with E-state index in [1.165, 1.54) is 6.20 Å². The second-order valence-corrected chi connectivity index (χ2v) is 6.87. The number of nitrogens with zero attached hydrogens (tertiary/aromatic N) is 6. The van der Waals surface area contributed by atoms with Crippen LogP contribution < -0.4 is 4.74 Å². The maximum Gasteiger partial charge on any atom is 0.259 e. The van der Waals surface area contributed by atoms with E-state index in [9.17, 15) is 10.1 Å². The van der Waals surface area contributed by atoms with Crippen LogP contribution in [0.15, 0.2) is 41.2 Å². The smallest absolute Gasteiger partial charge is 0.259 e. The number of nitriles is 1. The molecular formula is C21H18N6O3. The van der Waals surface area contributed by atoms with Gasteiger partial charge in [-0.1, -0.05) is 5.16 Å². The molecular weight excluding hydrogens is 384 g/mol. The number of hydrogen-bond acceptors (Lipinski definition) is 8. The minimum atomic E-state index is -0.0943. The number of ether oxygens (including phenoxy) is 1. The van der Waals surface area contributed by atoms with Crippen LogP contribution in [-0.2, 0) is 11.3 Å². The molecule has 3 aromatic heterocycles. The summed E-state index contributed by atoms with van der Waals surface area (Å²) in [5.41, 5.74) is 2.52. The highest BCUT2D eigenvalue weighted by Gasteiger charge is 2.16. The molecule has 0 aliphatic heterocycles. The Balaban J connectivity index is 1.63. The zero-order valence-corrected chi connectivity index (χ0v) is 16.4. The molecule has 9 nitrogen and oxygen atoms in total. The molecule has 30 heavy (non-hydrogen) atoms. The molecule has 4 aromatic rings. The third-order valence-corrected chi connectivity index (χ3v) is 4.35. The van der Waals surface area contributed by atoms with Gasteiger partial charge in [0.1, 0.15) is 17.9 Å². The van der Waals surface area contributed by atoms with Crippen molar-refractivity contribution in [2.24, 2.45) is 0 Å². The van der Waals surface area contributed by atoms with Crippen LogP contribution in [0.1, 0.15) is 25.8 Å². The molecule has 3 heterocycles. The topological polar surface area (TPSA) is 120 Å². The lowest BCUT2D eigenvalue weighted by Gasteiger charge is -2.09. The van der Waals surface area contributed by atoms with Crippen molar-refractivity contribution in [1.29, 1.82) is 5.26 Å². The van der Waals surface area contributed by atoms with E-state index < -0.39 is 0 Å². The molecule has 0 saturated heterocycles. The number of fused-ring (bicyclic) bond motifs is 1. The van der Waals surface area contributed by atoms with E-state index in [4.69, 9.17) is 9.26 Å². The highest BCUT2D eigenvalue weighted by molar-refractivity contribution is 5.83. The number of carbonyl (C=O) groups is 1. The van der Waals surface area contributed by atoms with Gasteiger partial charge in [-0.25, -0.2) is 4.98 Å². The van der Waals surface area contributed by atoms with Gasteiger partial charge in [0.2, 0.25) is 11.7 Å². The number of pyridine rings is 1. The maximum absolute atomic E-state index is 10.6. The first-order chi connectivity index (χ1) is 14.6. The SMILES string of the molecule is CC(C)Oc1ncc(-c2nc(-c3ccc4c(cnn4CCC=O)c3)no2)cc1C#N. The van der Waals surface area contributed by atoms with Gasteiger partial charge in [-0.05, 0) is 38.1 Å². The summed E-state index contributed by atoms with van der Waals surface area (Å²) in [6.45, 7) is 4.26. The molecule has 0 unspecified atom stereocenters. The Morgan fingerprint density at radius 1 is 1.27 bits per heavy atom. The Morgan fingerprint density at radius 3 is 2.90 bits per heavy atom. The molecule has 0 atom stereocenters. The summed E-state index contributed by atoms with van der Waals surface area (Å²) >= 11 is 0. The lowest BCUT2D eigenvalue weighted by Crippen LogP contribution is -2.08. The highest BCUT2D eigenvalue weighted by atomic mass is 16.5. The van der Waals surface area contributed by atoms with Crippen LogP contribution in [0, 0.1) is 11.3 Å². The Labute approximate surface area is 171 Å². The van der Waals surface area contributed by atoms with Crippen molar-refractivity contribution in [2.75, 3.05) is 0 Å². The van der Waals surface area contributed by atoms with Gasteiger partial charge in [0.25, 0.3) is 5.89 Å². The summed E-state index contributed by atoms with van der Waals surface area (Å²) in [5.74, 6) is 0.938. The van der Waals surface area contributed by atoms with Crippen LogP contribution >= 0.6 is 0 Å². The van der Waals surface area contributed by atoms with Crippen molar-refractivity contribution in [3.8, 4) is 34.8 Å². The summed E-state index contributed by atoms with van der Waals surface area (Å²) in [5, 5.41) is 18.7. The summed E-state index contributed by atoms with van der Waals surface area (Å²) in [4.78, 5) is 19.2. The molecule has 0 saturated carbocycles. The monoisotopic (exact) mass is 402 g/mol. The Kier molecular flexibility index (Phi) is 5.22. The van der Waals surface area contributed by atoms with Crippen molar-refractivity contribution in [3.05, 3.63) is 42.2 Å². The van der Waals surface area contributed by atoms with Gasteiger partial charge in [0.05, 0.1) is 23.4 Å². The predicted molar refractivity (Wildman–Crippen MR) is 107 cm³/mol. The average molecular weight is 402 g/mol. The summed E-state index contributed by atoms with van der Waals surface area (Å²) in [7, 11) is 0. The first-order valence-corrected chi connectivity index (χ1v) is 9.39. The van der Waals surface area contributed by atoms with E-state index >= 15 is 0 Å². The molecule has 4 rings (SSSR count). The Bertz CT molecular complexity index is 1250. The molecule has 0 bridgehead atoms. The zero-order valence-electron chi connectivity index (χ0n) is 16.4. The molecule has 0 aliphatic carbocycles. The number of carbonyl (C=O) groups excluding carboxylic acids is 1. The third-order valence-electron chi connectivity index (χ3n) is 4.35. The largest absolute Gasteiger partial charge is 0.474 e. The lowest BCUT2D eigenvalue weighted by atomic mass is 10.1. The summed E-state index contributed by atoms with van der Waals surface area (Å²) in [6, 6.07) is 9.38. The fraction of sp³-hybridized carbons (Fsp3) is 0.238. The fourth-order valence-corrected chi connectivity index (χ4v) is 3.00. The average Bonchev–Trinajstić information content (AvgIpc) is 3.39. The van der Waals surface area contributed by atoms with Crippen LogP contribution in [0.4, 0.5) is 0 Å². The van der Waals surface area contributed by atoms with Crippen molar-refractivity contribution in [1.82, 2.24) is 24.9 Å². The number of aromatic nitrogens is 5. The standard InChI is InChI=1S/C21H18N6O3/c1-13(2)29-20-15(10-22)9-17(11-23-20)21-25-19(26-30-21)14-4-5-18-16(8-14)12-24-27(18)6-3-7-28/h4-5,7-9,11-13H,3,6H2,1-2H3. The van der Waals surface area contributed by atoms with E-state index in [0.717, 1.165) is 22.8 Å². The van der Waals surface area contributed by atoms with E-state index in [0.29, 0.717) is 29.9 Å². The minimum Gasteiger partial charge on any atom is -0.474 e. The molecule has 0 aliphatic rings. The number of aldehydes is 1. The summed E-state index contributed by atoms with van der Waals surface area (Å²) < 4.78 is 12.7. The molecule has 0 N–H and O–H groups in total. The van der Waals surface area contributed by atoms with Crippen molar-refractivity contribution in [3.63, 3.8) is 0 Å². The molecule has 0 spiro atoms. The first-order valence-electron chi connectivity index (χ1n) is 9.39. The molecule has 9 heteroatoms. The predicted octanol–water partition coefficient (Wildman–Crippen LogP) is 3.40. The van der Waals surface area contributed by atoms with Crippen LogP contribution in [0.2, 0.25) is 0 Å².